The Morgan fingerprint density at radius 2 is 1.93 bits per heavy atom. The highest BCUT2D eigenvalue weighted by atomic mass is 16.5. The summed E-state index contributed by atoms with van der Waals surface area (Å²) in [6.45, 7) is 3.28. The molecule has 0 unspecified atom stereocenters. The molecule has 4 N–H and O–H groups in total. The first-order chi connectivity index (χ1) is 14.6. The molecular weight excluding hydrogens is 388 g/mol. The third kappa shape index (κ3) is 5.49. The summed E-state index contributed by atoms with van der Waals surface area (Å²) in [4.78, 5) is 34.3. The Kier molecular flexibility index (Phi) is 7.25. The zero-order chi connectivity index (χ0) is 21.3. The second kappa shape index (κ2) is 10.3. The van der Waals surface area contributed by atoms with Crippen LogP contribution >= 0.6 is 0 Å². The number of ether oxygens (including phenoxy) is 2. The third-order valence-corrected chi connectivity index (χ3v) is 4.71. The summed E-state index contributed by atoms with van der Waals surface area (Å²) in [6.07, 6.45) is 2.70. The van der Waals surface area contributed by atoms with Gasteiger partial charge in [-0.05, 0) is 31.9 Å². The Morgan fingerprint density at radius 1 is 1.20 bits per heavy atom. The van der Waals surface area contributed by atoms with E-state index in [1.165, 1.54) is 6.33 Å². The van der Waals surface area contributed by atoms with Gasteiger partial charge < -0.3 is 20.1 Å². The highest BCUT2D eigenvalue weighted by Gasteiger charge is 2.28. The summed E-state index contributed by atoms with van der Waals surface area (Å²) in [5, 5.41) is 0. The SMILES string of the molecule is CCOC(=O)C1CCN(c2ncnc(NNC(=O)COc3ccccc3)c2N)CC1. The van der Waals surface area contributed by atoms with Gasteiger partial charge in [-0.1, -0.05) is 18.2 Å². The monoisotopic (exact) mass is 414 g/mol. The molecule has 10 nitrogen and oxygen atoms in total. The van der Waals surface area contributed by atoms with Gasteiger partial charge in [0.2, 0.25) is 0 Å². The van der Waals surface area contributed by atoms with Gasteiger partial charge in [0, 0.05) is 13.1 Å². The number of hydrazine groups is 1. The number of carbonyl (C=O) groups excluding carboxylic acids is 2. The Bertz CT molecular complexity index is 856. The Balaban J connectivity index is 1.52. The first kappa shape index (κ1) is 21.2. The number of esters is 1. The number of rotatable bonds is 8. The molecule has 0 bridgehead atoms. The number of hydrogen-bond acceptors (Lipinski definition) is 9. The summed E-state index contributed by atoms with van der Waals surface area (Å²) in [6, 6.07) is 9.04. The molecule has 160 valence electrons. The number of aromatic nitrogens is 2. The van der Waals surface area contributed by atoms with E-state index in [0.717, 1.165) is 0 Å². The van der Waals surface area contributed by atoms with Crippen LogP contribution in [0.4, 0.5) is 17.3 Å². The van der Waals surface area contributed by atoms with E-state index in [9.17, 15) is 9.59 Å². The molecule has 1 aromatic carbocycles. The zero-order valence-electron chi connectivity index (χ0n) is 16.8. The van der Waals surface area contributed by atoms with Crippen molar-refractivity contribution >= 4 is 29.2 Å². The molecule has 2 aromatic rings. The van der Waals surface area contributed by atoms with Crippen molar-refractivity contribution in [2.45, 2.75) is 19.8 Å². The van der Waals surface area contributed by atoms with E-state index in [1.807, 2.05) is 23.1 Å². The van der Waals surface area contributed by atoms with E-state index in [2.05, 4.69) is 20.8 Å². The number of benzene rings is 1. The average molecular weight is 414 g/mol. The van der Waals surface area contributed by atoms with Crippen molar-refractivity contribution in [2.24, 2.45) is 5.92 Å². The van der Waals surface area contributed by atoms with Crippen LogP contribution in [0.2, 0.25) is 0 Å². The van der Waals surface area contributed by atoms with Crippen LogP contribution in [0.25, 0.3) is 0 Å². The minimum Gasteiger partial charge on any atom is -0.484 e. The van der Waals surface area contributed by atoms with Crippen molar-refractivity contribution in [3.8, 4) is 5.75 Å². The predicted molar refractivity (Wildman–Crippen MR) is 112 cm³/mol. The van der Waals surface area contributed by atoms with E-state index in [1.54, 1.807) is 19.1 Å². The second-order valence-electron chi connectivity index (χ2n) is 6.75. The molecule has 10 heteroatoms. The molecule has 0 aliphatic carbocycles. The fourth-order valence-corrected chi connectivity index (χ4v) is 3.16. The fourth-order valence-electron chi connectivity index (χ4n) is 3.16. The van der Waals surface area contributed by atoms with Crippen molar-refractivity contribution < 1.29 is 19.1 Å². The van der Waals surface area contributed by atoms with Gasteiger partial charge in [0.05, 0.1) is 12.5 Å². The van der Waals surface area contributed by atoms with Crippen molar-refractivity contribution in [3.05, 3.63) is 36.7 Å². The summed E-state index contributed by atoms with van der Waals surface area (Å²) < 4.78 is 10.5. The number of para-hydroxylation sites is 1. The van der Waals surface area contributed by atoms with E-state index in [4.69, 9.17) is 15.2 Å². The highest BCUT2D eigenvalue weighted by molar-refractivity contribution is 5.81. The summed E-state index contributed by atoms with van der Waals surface area (Å²) in [5.41, 5.74) is 11.7. The van der Waals surface area contributed by atoms with Crippen LogP contribution < -0.4 is 26.2 Å². The first-order valence-electron chi connectivity index (χ1n) is 9.83. The maximum atomic E-state index is 12.0. The Hall–Kier alpha value is -3.56. The largest absolute Gasteiger partial charge is 0.484 e. The lowest BCUT2D eigenvalue weighted by molar-refractivity contribution is -0.148. The molecule has 1 fully saturated rings. The zero-order valence-corrected chi connectivity index (χ0v) is 16.8. The summed E-state index contributed by atoms with van der Waals surface area (Å²) in [7, 11) is 0. The van der Waals surface area contributed by atoms with E-state index in [0.29, 0.717) is 55.6 Å². The van der Waals surface area contributed by atoms with Gasteiger partial charge in [0.15, 0.2) is 18.2 Å². The second-order valence-corrected chi connectivity index (χ2v) is 6.75. The number of piperidine rings is 1. The number of anilines is 3. The normalized spacial score (nSPS) is 14.1. The summed E-state index contributed by atoms with van der Waals surface area (Å²) >= 11 is 0. The quantitative estimate of drug-likeness (QED) is 0.433. The highest BCUT2D eigenvalue weighted by Crippen LogP contribution is 2.29. The molecule has 1 aliphatic rings. The first-order valence-corrected chi connectivity index (χ1v) is 9.83. The van der Waals surface area contributed by atoms with Crippen LogP contribution in [0.3, 0.4) is 0 Å². The predicted octanol–water partition coefficient (Wildman–Crippen LogP) is 1.36. The number of nitrogens with zero attached hydrogens (tertiary/aromatic N) is 3. The lowest BCUT2D eigenvalue weighted by Crippen LogP contribution is -2.38. The average Bonchev–Trinajstić information content (AvgIpc) is 2.78. The maximum absolute atomic E-state index is 12.0. The van der Waals surface area contributed by atoms with Crippen molar-refractivity contribution in [1.82, 2.24) is 15.4 Å². The van der Waals surface area contributed by atoms with Crippen LogP contribution in [0, 0.1) is 5.92 Å². The van der Waals surface area contributed by atoms with E-state index >= 15 is 0 Å². The topological polar surface area (TPSA) is 132 Å². The number of carbonyl (C=O) groups is 2. The van der Waals surface area contributed by atoms with Gasteiger partial charge in [-0.15, -0.1) is 0 Å². The van der Waals surface area contributed by atoms with Crippen molar-refractivity contribution in [1.29, 1.82) is 0 Å². The number of nitrogen functional groups attached to an aromatic ring is 1. The van der Waals surface area contributed by atoms with Crippen LogP contribution in [0.15, 0.2) is 36.7 Å². The standard InChI is InChI=1S/C20H26N6O4/c1-2-29-20(28)14-8-10-26(11-9-14)19-17(21)18(22-13-23-19)25-24-16(27)12-30-15-6-4-3-5-7-15/h3-7,13-14H,2,8-12,21H2,1H3,(H,24,27)(H,22,23,25). The molecule has 1 amide bonds. The lowest BCUT2D eigenvalue weighted by Gasteiger charge is -2.32. The molecule has 0 saturated carbocycles. The van der Waals surface area contributed by atoms with E-state index < -0.39 is 0 Å². The van der Waals surface area contributed by atoms with Gasteiger partial charge in [-0.2, -0.15) is 0 Å². The van der Waals surface area contributed by atoms with Crippen LogP contribution in [-0.2, 0) is 14.3 Å². The Labute approximate surface area is 174 Å². The molecular formula is C20H26N6O4. The van der Waals surface area contributed by atoms with E-state index in [-0.39, 0.29) is 24.4 Å². The van der Waals surface area contributed by atoms with Gasteiger partial charge in [-0.25, -0.2) is 9.97 Å². The molecule has 30 heavy (non-hydrogen) atoms. The number of nitrogens with one attached hydrogen (secondary N) is 2. The minimum absolute atomic E-state index is 0.106. The Morgan fingerprint density at radius 3 is 2.63 bits per heavy atom. The van der Waals surface area contributed by atoms with Gasteiger partial charge >= 0.3 is 5.97 Å². The van der Waals surface area contributed by atoms with Crippen molar-refractivity contribution in [2.75, 3.05) is 42.4 Å². The van der Waals surface area contributed by atoms with Crippen molar-refractivity contribution in [3.63, 3.8) is 0 Å². The van der Waals surface area contributed by atoms with Gasteiger partial charge in [0.25, 0.3) is 5.91 Å². The fraction of sp³-hybridized carbons (Fsp3) is 0.400. The van der Waals surface area contributed by atoms with Crippen LogP contribution in [-0.4, -0.2) is 48.1 Å². The molecule has 1 aromatic heterocycles. The molecule has 0 atom stereocenters. The van der Waals surface area contributed by atoms with Gasteiger partial charge in [0.1, 0.15) is 17.8 Å². The molecule has 1 saturated heterocycles. The van der Waals surface area contributed by atoms with Gasteiger partial charge in [-0.3, -0.25) is 20.4 Å². The molecule has 3 rings (SSSR count). The molecule has 0 spiro atoms. The molecule has 0 radical (unpaired) electrons. The minimum atomic E-state index is -0.381. The molecule has 1 aliphatic heterocycles. The molecule has 2 heterocycles. The number of amides is 1. The number of nitrogens with two attached hydrogens (primary N) is 1. The van der Waals surface area contributed by atoms with Crippen LogP contribution in [0.1, 0.15) is 19.8 Å². The lowest BCUT2D eigenvalue weighted by atomic mass is 9.97. The number of hydrogen-bond donors (Lipinski definition) is 3. The third-order valence-electron chi connectivity index (χ3n) is 4.71. The smallest absolute Gasteiger partial charge is 0.309 e. The van der Waals surface area contributed by atoms with Crippen LogP contribution in [0.5, 0.6) is 5.75 Å². The maximum Gasteiger partial charge on any atom is 0.309 e. The summed E-state index contributed by atoms with van der Waals surface area (Å²) in [5.74, 6) is 0.808.